The molecule has 1 aliphatic heterocycles. The number of H-pyrrole nitrogens is 1. The molecule has 1 saturated heterocycles. The van der Waals surface area contributed by atoms with Crippen molar-refractivity contribution in [1.29, 1.82) is 0 Å². The SMILES string of the molecule is Clc1ccc(C2=C(CN3CCN(c4cccc(Oc5cnc6[nH]ccc6c5)c4)CC3)CC3(CCCC3)CC2)cc1. The molecule has 0 radical (unpaired) electrons. The molecule has 2 aliphatic carbocycles. The van der Waals surface area contributed by atoms with E-state index in [0.717, 1.165) is 60.3 Å². The summed E-state index contributed by atoms with van der Waals surface area (Å²) in [6, 6.07) is 21.1. The van der Waals surface area contributed by atoms with Crippen LogP contribution in [0.15, 0.2) is 78.6 Å². The second kappa shape index (κ2) is 10.9. The van der Waals surface area contributed by atoms with E-state index in [9.17, 15) is 0 Å². The number of hydrogen-bond acceptors (Lipinski definition) is 4. The number of halogens is 1. The van der Waals surface area contributed by atoms with E-state index in [1.807, 2.05) is 36.5 Å². The molecule has 7 rings (SSSR count). The van der Waals surface area contributed by atoms with Crippen LogP contribution in [0.1, 0.15) is 50.5 Å². The number of rotatable bonds is 6. The number of nitrogens with one attached hydrogen (secondary N) is 1. The molecule has 3 heterocycles. The third-order valence-electron chi connectivity index (χ3n) is 9.36. The predicted molar refractivity (Wildman–Crippen MR) is 164 cm³/mol. The number of anilines is 1. The third-order valence-corrected chi connectivity index (χ3v) is 9.61. The lowest BCUT2D eigenvalue weighted by atomic mass is 9.69. The quantitative estimate of drug-likeness (QED) is 0.261. The second-order valence-corrected chi connectivity index (χ2v) is 12.4. The molecular formula is C34H37ClN4O. The summed E-state index contributed by atoms with van der Waals surface area (Å²) in [5.74, 6) is 1.60. The number of nitrogens with zero attached hydrogens (tertiary/aromatic N) is 3. The van der Waals surface area contributed by atoms with Gasteiger partial charge in [0.05, 0.1) is 6.20 Å². The van der Waals surface area contributed by atoms with E-state index in [1.165, 1.54) is 56.2 Å². The summed E-state index contributed by atoms with van der Waals surface area (Å²) < 4.78 is 6.19. The summed E-state index contributed by atoms with van der Waals surface area (Å²) in [7, 11) is 0. The molecule has 0 atom stereocenters. The second-order valence-electron chi connectivity index (χ2n) is 11.9. The molecule has 3 aliphatic rings. The van der Waals surface area contributed by atoms with Gasteiger partial charge in [-0.15, -0.1) is 0 Å². The van der Waals surface area contributed by atoms with Crippen LogP contribution < -0.4 is 9.64 Å². The van der Waals surface area contributed by atoms with Gasteiger partial charge in [0.15, 0.2) is 0 Å². The van der Waals surface area contributed by atoms with E-state index in [4.69, 9.17) is 16.3 Å². The van der Waals surface area contributed by atoms with E-state index in [0.29, 0.717) is 5.41 Å². The summed E-state index contributed by atoms with van der Waals surface area (Å²) >= 11 is 6.23. The van der Waals surface area contributed by atoms with Crippen LogP contribution in [0.5, 0.6) is 11.5 Å². The Bertz CT molecular complexity index is 1510. The van der Waals surface area contributed by atoms with E-state index < -0.39 is 0 Å². The smallest absolute Gasteiger partial charge is 0.146 e. The highest BCUT2D eigenvalue weighted by atomic mass is 35.5. The van der Waals surface area contributed by atoms with Crippen molar-refractivity contribution in [3.05, 3.63) is 89.2 Å². The van der Waals surface area contributed by atoms with Crippen molar-refractivity contribution in [2.24, 2.45) is 5.41 Å². The Labute approximate surface area is 241 Å². The van der Waals surface area contributed by atoms with Gasteiger partial charge in [-0.25, -0.2) is 4.98 Å². The van der Waals surface area contributed by atoms with Crippen molar-refractivity contribution in [2.75, 3.05) is 37.6 Å². The maximum absolute atomic E-state index is 6.23. The molecule has 40 heavy (non-hydrogen) atoms. The van der Waals surface area contributed by atoms with Crippen LogP contribution in [-0.2, 0) is 0 Å². The monoisotopic (exact) mass is 552 g/mol. The Morgan fingerprint density at radius 1 is 0.900 bits per heavy atom. The fraction of sp³-hybridized carbons (Fsp3) is 0.382. The highest BCUT2D eigenvalue weighted by molar-refractivity contribution is 6.30. The van der Waals surface area contributed by atoms with E-state index >= 15 is 0 Å². The molecule has 2 fully saturated rings. The van der Waals surface area contributed by atoms with Crippen LogP contribution in [0.25, 0.3) is 16.6 Å². The molecule has 1 N–H and O–H groups in total. The molecular weight excluding hydrogens is 516 g/mol. The number of piperazine rings is 1. The topological polar surface area (TPSA) is 44.4 Å². The van der Waals surface area contributed by atoms with Gasteiger partial charge in [0.1, 0.15) is 17.1 Å². The van der Waals surface area contributed by atoms with Crippen molar-refractivity contribution in [1.82, 2.24) is 14.9 Å². The van der Waals surface area contributed by atoms with Gasteiger partial charge in [-0.05, 0) is 85.1 Å². The van der Waals surface area contributed by atoms with Crippen molar-refractivity contribution in [3.63, 3.8) is 0 Å². The largest absolute Gasteiger partial charge is 0.456 e. The number of hydrogen-bond donors (Lipinski definition) is 1. The number of fused-ring (bicyclic) bond motifs is 1. The minimum Gasteiger partial charge on any atom is -0.456 e. The first-order valence-corrected chi connectivity index (χ1v) is 15.2. The van der Waals surface area contributed by atoms with Gasteiger partial charge in [0.2, 0.25) is 0 Å². The van der Waals surface area contributed by atoms with Crippen LogP contribution in [0.4, 0.5) is 5.69 Å². The number of aromatic nitrogens is 2. The first-order valence-electron chi connectivity index (χ1n) is 14.8. The van der Waals surface area contributed by atoms with Gasteiger partial charge in [0.25, 0.3) is 0 Å². The maximum atomic E-state index is 6.23. The van der Waals surface area contributed by atoms with Gasteiger partial charge in [-0.3, -0.25) is 4.90 Å². The van der Waals surface area contributed by atoms with Crippen molar-refractivity contribution < 1.29 is 4.74 Å². The van der Waals surface area contributed by atoms with Gasteiger partial charge >= 0.3 is 0 Å². The predicted octanol–water partition coefficient (Wildman–Crippen LogP) is 8.33. The van der Waals surface area contributed by atoms with Crippen molar-refractivity contribution in [3.8, 4) is 11.5 Å². The zero-order valence-electron chi connectivity index (χ0n) is 23.0. The highest BCUT2D eigenvalue weighted by Gasteiger charge is 2.38. The average Bonchev–Trinajstić information content (AvgIpc) is 3.64. The molecule has 1 saturated carbocycles. The van der Waals surface area contributed by atoms with Crippen molar-refractivity contribution >= 4 is 33.9 Å². The molecule has 2 aromatic heterocycles. The molecule has 6 heteroatoms. The average molecular weight is 553 g/mol. The Kier molecular flexibility index (Phi) is 7.03. The summed E-state index contributed by atoms with van der Waals surface area (Å²) in [4.78, 5) is 12.7. The van der Waals surface area contributed by atoms with Gasteiger partial charge < -0.3 is 14.6 Å². The first kappa shape index (κ1) is 25.7. The fourth-order valence-electron chi connectivity index (χ4n) is 7.21. The van der Waals surface area contributed by atoms with Crippen molar-refractivity contribution in [2.45, 2.75) is 44.9 Å². The van der Waals surface area contributed by atoms with Gasteiger partial charge in [0, 0.05) is 61.1 Å². The molecule has 206 valence electrons. The van der Waals surface area contributed by atoms with E-state index in [2.05, 4.69) is 50.1 Å². The number of pyridine rings is 1. The van der Waals surface area contributed by atoms with Gasteiger partial charge in [-0.1, -0.05) is 48.2 Å². The summed E-state index contributed by atoms with van der Waals surface area (Å²) in [6.07, 6.45) is 13.1. The third kappa shape index (κ3) is 5.37. The molecule has 4 aromatic rings. The number of ether oxygens (including phenoxy) is 1. The Balaban J connectivity index is 1.03. The molecule has 2 aromatic carbocycles. The zero-order valence-corrected chi connectivity index (χ0v) is 23.8. The van der Waals surface area contributed by atoms with Crippen LogP contribution in [0, 0.1) is 5.41 Å². The normalized spacial score (nSPS) is 19.6. The highest BCUT2D eigenvalue weighted by Crippen LogP contribution is 2.52. The fourth-order valence-corrected chi connectivity index (χ4v) is 7.33. The summed E-state index contributed by atoms with van der Waals surface area (Å²) in [6.45, 7) is 5.28. The number of benzene rings is 2. The molecule has 1 spiro atoms. The Hall–Kier alpha value is -3.28. The minimum absolute atomic E-state index is 0.550. The molecule has 0 amide bonds. The molecule has 0 unspecified atom stereocenters. The summed E-state index contributed by atoms with van der Waals surface area (Å²) in [5.41, 5.74) is 7.27. The van der Waals surface area contributed by atoms with E-state index in [-0.39, 0.29) is 0 Å². The van der Waals surface area contributed by atoms with Crippen LogP contribution >= 0.6 is 11.6 Å². The Morgan fingerprint density at radius 2 is 1.73 bits per heavy atom. The Morgan fingerprint density at radius 3 is 2.55 bits per heavy atom. The molecule has 5 nitrogen and oxygen atoms in total. The van der Waals surface area contributed by atoms with Crippen LogP contribution in [0.3, 0.4) is 0 Å². The van der Waals surface area contributed by atoms with E-state index in [1.54, 1.807) is 17.3 Å². The lowest BCUT2D eigenvalue weighted by Crippen LogP contribution is -2.47. The van der Waals surface area contributed by atoms with Gasteiger partial charge in [-0.2, -0.15) is 0 Å². The summed E-state index contributed by atoms with van der Waals surface area (Å²) in [5, 5.41) is 1.87. The zero-order chi connectivity index (χ0) is 26.9. The molecule has 0 bridgehead atoms. The lowest BCUT2D eigenvalue weighted by molar-refractivity contribution is 0.232. The number of allylic oxidation sites excluding steroid dienone is 1. The first-order chi connectivity index (χ1) is 19.6. The maximum Gasteiger partial charge on any atom is 0.146 e. The lowest BCUT2D eigenvalue weighted by Gasteiger charge is -2.41. The van der Waals surface area contributed by atoms with Crippen LogP contribution in [-0.4, -0.2) is 47.6 Å². The number of aromatic amines is 1. The minimum atomic E-state index is 0.550. The van der Waals surface area contributed by atoms with Crippen LogP contribution in [0.2, 0.25) is 5.02 Å². The standard InChI is InChI=1S/C34H37ClN4O/c35-28-8-6-25(7-9-28)32-10-14-34(12-1-2-13-34)22-27(32)24-38-16-18-39(19-17-38)29-4-3-5-30(21-29)40-31-20-26-11-15-36-33(26)37-23-31/h3-9,11,15,20-21,23H,1-2,10,12-14,16-19,22,24H2,(H,36,37).